The van der Waals surface area contributed by atoms with E-state index in [1.165, 1.54) is 30.3 Å². The van der Waals surface area contributed by atoms with Crippen molar-refractivity contribution in [2.75, 3.05) is 13.2 Å². The Kier molecular flexibility index (Phi) is 5.39. The zero-order chi connectivity index (χ0) is 20.3. The summed E-state index contributed by atoms with van der Waals surface area (Å²) in [4.78, 5) is 26.7. The van der Waals surface area contributed by atoms with Crippen LogP contribution in [0.3, 0.4) is 0 Å². The summed E-state index contributed by atoms with van der Waals surface area (Å²) in [6, 6.07) is 10.5. The van der Waals surface area contributed by atoms with Crippen molar-refractivity contribution >= 4 is 22.6 Å². The van der Waals surface area contributed by atoms with Gasteiger partial charge in [-0.15, -0.1) is 0 Å². The van der Waals surface area contributed by atoms with Crippen LogP contribution in [-0.2, 0) is 0 Å². The lowest BCUT2D eigenvalue weighted by atomic mass is 10.0. The molecule has 0 saturated carbocycles. The van der Waals surface area contributed by atoms with Crippen LogP contribution in [0.5, 0.6) is 11.5 Å². The van der Waals surface area contributed by atoms with E-state index in [2.05, 4.69) is 4.98 Å². The van der Waals surface area contributed by atoms with Gasteiger partial charge in [0.25, 0.3) is 5.69 Å². The number of ether oxygens (including phenoxy) is 2. The smallest absolute Gasteiger partial charge is 0.336 e. The summed E-state index contributed by atoms with van der Waals surface area (Å²) in [5.74, 6) is -0.187. The molecule has 8 nitrogen and oxygen atoms in total. The molecule has 0 fully saturated rings. The van der Waals surface area contributed by atoms with Gasteiger partial charge in [-0.1, -0.05) is 0 Å². The highest BCUT2D eigenvalue weighted by Gasteiger charge is 2.17. The second kappa shape index (κ2) is 7.91. The minimum Gasteiger partial charge on any atom is -0.490 e. The summed E-state index contributed by atoms with van der Waals surface area (Å²) in [6.07, 6.45) is 0. The van der Waals surface area contributed by atoms with E-state index < -0.39 is 10.9 Å². The van der Waals surface area contributed by atoms with Gasteiger partial charge in [-0.25, -0.2) is 9.78 Å². The third kappa shape index (κ3) is 3.71. The normalized spacial score (nSPS) is 10.6. The van der Waals surface area contributed by atoms with Crippen LogP contribution in [0.2, 0.25) is 0 Å². The van der Waals surface area contributed by atoms with Gasteiger partial charge in [0.15, 0.2) is 11.5 Å². The molecule has 0 aliphatic carbocycles. The van der Waals surface area contributed by atoms with Gasteiger partial charge < -0.3 is 14.6 Å². The van der Waals surface area contributed by atoms with Crippen molar-refractivity contribution in [3.63, 3.8) is 0 Å². The Morgan fingerprint density at radius 2 is 1.68 bits per heavy atom. The number of carboxylic acids is 1. The van der Waals surface area contributed by atoms with E-state index in [0.29, 0.717) is 46.9 Å². The maximum Gasteiger partial charge on any atom is 0.336 e. The fourth-order valence-corrected chi connectivity index (χ4v) is 2.85. The molecule has 0 atom stereocenters. The molecule has 144 valence electrons. The summed E-state index contributed by atoms with van der Waals surface area (Å²) in [5, 5.41) is 20.9. The van der Waals surface area contributed by atoms with Gasteiger partial charge in [-0.05, 0) is 38.1 Å². The maximum atomic E-state index is 11.8. The minimum atomic E-state index is -1.11. The van der Waals surface area contributed by atoms with Gasteiger partial charge in [-0.3, -0.25) is 10.1 Å². The maximum absolute atomic E-state index is 11.8. The molecule has 0 spiro atoms. The Balaban J connectivity index is 2.21. The number of nitrogens with zero attached hydrogens (tertiary/aromatic N) is 2. The van der Waals surface area contributed by atoms with Crippen LogP contribution in [-0.4, -0.2) is 34.2 Å². The summed E-state index contributed by atoms with van der Waals surface area (Å²) in [6.45, 7) is 4.49. The fraction of sp³-hybridized carbons (Fsp3) is 0.200. The number of hydrogen-bond acceptors (Lipinski definition) is 6. The van der Waals surface area contributed by atoms with Gasteiger partial charge >= 0.3 is 5.97 Å². The van der Waals surface area contributed by atoms with Crippen LogP contribution in [0, 0.1) is 10.1 Å². The van der Waals surface area contributed by atoms with Crippen LogP contribution in [0.25, 0.3) is 22.2 Å². The van der Waals surface area contributed by atoms with Crippen LogP contribution in [0.1, 0.15) is 24.2 Å². The lowest BCUT2D eigenvalue weighted by molar-refractivity contribution is -0.384. The molecule has 1 N–H and O–H groups in total. The van der Waals surface area contributed by atoms with E-state index in [9.17, 15) is 20.0 Å². The Morgan fingerprint density at radius 3 is 2.21 bits per heavy atom. The number of pyridine rings is 1. The number of carboxylic acid groups (broad SMARTS) is 1. The number of benzene rings is 2. The number of carbonyl (C=O) groups is 1. The molecule has 0 aliphatic heterocycles. The number of rotatable bonds is 7. The van der Waals surface area contributed by atoms with E-state index >= 15 is 0 Å². The molecule has 0 unspecified atom stereocenters. The number of hydrogen-bond donors (Lipinski definition) is 1. The quantitative estimate of drug-likeness (QED) is 0.479. The molecule has 1 heterocycles. The van der Waals surface area contributed by atoms with Crippen LogP contribution >= 0.6 is 0 Å². The van der Waals surface area contributed by atoms with Crippen molar-refractivity contribution in [2.45, 2.75) is 13.8 Å². The lowest BCUT2D eigenvalue weighted by Crippen LogP contribution is -2.03. The van der Waals surface area contributed by atoms with E-state index in [1.54, 1.807) is 12.1 Å². The molecule has 8 heteroatoms. The molecule has 0 aliphatic rings. The molecule has 3 rings (SSSR count). The van der Waals surface area contributed by atoms with E-state index in [0.717, 1.165) is 0 Å². The predicted octanol–water partition coefficient (Wildman–Crippen LogP) is 4.31. The lowest BCUT2D eigenvalue weighted by Gasteiger charge is -2.14. The van der Waals surface area contributed by atoms with Crippen molar-refractivity contribution in [3.8, 4) is 22.8 Å². The van der Waals surface area contributed by atoms with E-state index in [1.807, 2.05) is 13.8 Å². The van der Waals surface area contributed by atoms with Crippen LogP contribution in [0.15, 0.2) is 42.5 Å². The Morgan fingerprint density at radius 1 is 1.07 bits per heavy atom. The van der Waals surface area contributed by atoms with Gasteiger partial charge in [-0.2, -0.15) is 0 Å². The van der Waals surface area contributed by atoms with Gasteiger partial charge in [0.05, 0.1) is 34.9 Å². The third-order valence-corrected chi connectivity index (χ3v) is 4.08. The predicted molar refractivity (Wildman–Crippen MR) is 103 cm³/mol. The first-order valence-electron chi connectivity index (χ1n) is 8.67. The highest BCUT2D eigenvalue weighted by atomic mass is 16.6. The first-order valence-corrected chi connectivity index (χ1v) is 8.67. The van der Waals surface area contributed by atoms with Crippen LogP contribution in [0.4, 0.5) is 5.69 Å². The van der Waals surface area contributed by atoms with Crippen molar-refractivity contribution in [3.05, 3.63) is 58.1 Å². The van der Waals surface area contributed by atoms with Crippen molar-refractivity contribution in [1.82, 2.24) is 4.98 Å². The van der Waals surface area contributed by atoms with Gasteiger partial charge in [0.1, 0.15) is 0 Å². The second-order valence-corrected chi connectivity index (χ2v) is 5.85. The average molecular weight is 382 g/mol. The highest BCUT2D eigenvalue weighted by molar-refractivity contribution is 6.04. The molecule has 0 amide bonds. The summed E-state index contributed by atoms with van der Waals surface area (Å²) >= 11 is 0. The molecule has 0 saturated heterocycles. The van der Waals surface area contributed by atoms with E-state index in [-0.39, 0.29) is 11.3 Å². The number of nitro benzene ring substituents is 1. The molecule has 1 aromatic heterocycles. The fourth-order valence-electron chi connectivity index (χ4n) is 2.85. The SMILES string of the molecule is CCOc1cc2nc(-c3ccc([N+](=O)[O-])cc3)cc(C(=O)O)c2cc1OCC. The van der Waals surface area contributed by atoms with Crippen molar-refractivity contribution in [2.24, 2.45) is 0 Å². The Hall–Kier alpha value is -3.68. The Labute approximate surface area is 160 Å². The average Bonchev–Trinajstić information content (AvgIpc) is 2.68. The van der Waals surface area contributed by atoms with Crippen molar-refractivity contribution < 1.29 is 24.3 Å². The molecular weight excluding hydrogens is 364 g/mol. The van der Waals surface area contributed by atoms with Crippen LogP contribution < -0.4 is 9.47 Å². The highest BCUT2D eigenvalue weighted by Crippen LogP contribution is 2.35. The number of aromatic carboxylic acids is 1. The summed E-state index contributed by atoms with van der Waals surface area (Å²) in [7, 11) is 0. The molecular formula is C20H18N2O6. The number of nitro groups is 1. The van der Waals surface area contributed by atoms with Gasteiger partial charge in [0, 0.05) is 29.1 Å². The number of non-ortho nitro benzene ring substituents is 1. The largest absolute Gasteiger partial charge is 0.490 e. The summed E-state index contributed by atoms with van der Waals surface area (Å²) in [5.41, 5.74) is 1.40. The number of fused-ring (bicyclic) bond motifs is 1. The van der Waals surface area contributed by atoms with E-state index in [4.69, 9.17) is 9.47 Å². The first kappa shape index (κ1) is 19.1. The van der Waals surface area contributed by atoms with Crippen molar-refractivity contribution in [1.29, 1.82) is 0 Å². The zero-order valence-corrected chi connectivity index (χ0v) is 15.3. The molecule has 0 radical (unpaired) electrons. The third-order valence-electron chi connectivity index (χ3n) is 4.08. The van der Waals surface area contributed by atoms with Gasteiger partial charge in [0.2, 0.25) is 0 Å². The summed E-state index contributed by atoms with van der Waals surface area (Å²) < 4.78 is 11.2. The molecule has 2 aromatic carbocycles. The molecule has 0 bridgehead atoms. The molecule has 3 aromatic rings. The number of aromatic nitrogens is 1. The Bertz CT molecular complexity index is 1050. The second-order valence-electron chi connectivity index (χ2n) is 5.85. The topological polar surface area (TPSA) is 112 Å². The monoisotopic (exact) mass is 382 g/mol. The first-order chi connectivity index (χ1) is 13.4. The minimum absolute atomic E-state index is 0.0528. The zero-order valence-electron chi connectivity index (χ0n) is 15.3. The standard InChI is InChI=1S/C20H18N2O6/c1-3-27-18-10-14-15(20(23)24)9-16(21-17(14)11-19(18)28-4-2)12-5-7-13(8-6-12)22(25)26/h5-11H,3-4H2,1-2H3,(H,23,24). The molecule has 28 heavy (non-hydrogen) atoms.